The number of rotatable bonds is 1. The molecule has 1 aliphatic carbocycles. The van der Waals surface area contributed by atoms with Gasteiger partial charge >= 0.3 is 0 Å². The van der Waals surface area contributed by atoms with Crippen LogP contribution < -0.4 is 5.73 Å². The van der Waals surface area contributed by atoms with Gasteiger partial charge in [0.25, 0.3) is 0 Å². The Hall–Kier alpha value is -1.24. The van der Waals surface area contributed by atoms with E-state index in [9.17, 15) is 0 Å². The van der Waals surface area contributed by atoms with Crippen LogP contribution in [0.5, 0.6) is 0 Å². The van der Waals surface area contributed by atoms with Gasteiger partial charge in [-0.2, -0.15) is 0 Å². The molecule has 1 heteroatoms. The highest BCUT2D eigenvalue weighted by molar-refractivity contribution is 5.70. The largest absolute Gasteiger partial charge is 0.399 e. The minimum Gasteiger partial charge on any atom is -0.399 e. The summed E-state index contributed by atoms with van der Waals surface area (Å²) in [5.74, 6) is 0. The highest BCUT2D eigenvalue weighted by Crippen LogP contribution is 2.31. The zero-order valence-electron chi connectivity index (χ0n) is 8.72. The number of nitrogen functional groups attached to an aromatic ring is 1. The highest BCUT2D eigenvalue weighted by Gasteiger charge is 2.10. The zero-order chi connectivity index (χ0) is 9.97. The minimum absolute atomic E-state index is 0.850. The van der Waals surface area contributed by atoms with Crippen LogP contribution in [0.25, 0.3) is 5.57 Å². The van der Waals surface area contributed by atoms with Crippen LogP contribution in [0.4, 0.5) is 5.69 Å². The molecule has 74 valence electrons. The molecule has 0 bridgehead atoms. The van der Waals surface area contributed by atoms with Gasteiger partial charge in [0.05, 0.1) is 0 Å². The summed E-state index contributed by atoms with van der Waals surface area (Å²) in [5.41, 5.74) is 11.0. The van der Waals surface area contributed by atoms with Crippen LogP contribution in [-0.4, -0.2) is 0 Å². The standard InChI is InChI=1S/C13H17N/c1-10-4-2-3-5-13(10)11-6-8-12(14)9-7-11/h6-9H,2-5,14H2,1H3. The van der Waals surface area contributed by atoms with Crippen LogP contribution in [-0.2, 0) is 0 Å². The van der Waals surface area contributed by atoms with E-state index in [1.54, 1.807) is 5.57 Å². The van der Waals surface area contributed by atoms with Crippen molar-refractivity contribution in [2.75, 3.05) is 5.73 Å². The molecule has 1 nitrogen and oxygen atoms in total. The summed E-state index contributed by atoms with van der Waals surface area (Å²) in [7, 11) is 0. The van der Waals surface area contributed by atoms with E-state index >= 15 is 0 Å². The van der Waals surface area contributed by atoms with E-state index in [4.69, 9.17) is 5.73 Å². The highest BCUT2D eigenvalue weighted by atomic mass is 14.5. The average molecular weight is 187 g/mol. The van der Waals surface area contributed by atoms with E-state index in [2.05, 4.69) is 19.1 Å². The molecule has 0 saturated carbocycles. The lowest BCUT2D eigenvalue weighted by molar-refractivity contribution is 0.714. The third-order valence-electron chi connectivity index (χ3n) is 3.00. The van der Waals surface area contributed by atoms with Gasteiger partial charge in [-0.3, -0.25) is 0 Å². The van der Waals surface area contributed by atoms with Gasteiger partial charge in [-0.05, 0) is 55.9 Å². The fraction of sp³-hybridized carbons (Fsp3) is 0.385. The second-order valence-electron chi connectivity index (χ2n) is 4.09. The Morgan fingerprint density at radius 3 is 2.29 bits per heavy atom. The molecule has 14 heavy (non-hydrogen) atoms. The number of anilines is 1. The summed E-state index contributed by atoms with van der Waals surface area (Å²) < 4.78 is 0. The molecule has 0 heterocycles. The fourth-order valence-corrected chi connectivity index (χ4v) is 2.13. The maximum atomic E-state index is 5.67. The number of hydrogen-bond donors (Lipinski definition) is 1. The van der Waals surface area contributed by atoms with E-state index in [1.807, 2.05) is 12.1 Å². The summed E-state index contributed by atoms with van der Waals surface area (Å²) in [4.78, 5) is 0. The molecule has 0 fully saturated rings. The van der Waals surface area contributed by atoms with Gasteiger partial charge in [-0.25, -0.2) is 0 Å². The van der Waals surface area contributed by atoms with Crippen LogP contribution in [0.3, 0.4) is 0 Å². The molecule has 2 N–H and O–H groups in total. The Morgan fingerprint density at radius 1 is 1.00 bits per heavy atom. The third-order valence-corrected chi connectivity index (χ3v) is 3.00. The molecule has 0 amide bonds. The van der Waals surface area contributed by atoms with Gasteiger partial charge < -0.3 is 5.73 Å². The lowest BCUT2D eigenvalue weighted by Gasteiger charge is -2.17. The Balaban J connectivity index is 2.34. The summed E-state index contributed by atoms with van der Waals surface area (Å²) in [6, 6.07) is 8.26. The van der Waals surface area contributed by atoms with E-state index < -0.39 is 0 Å². The van der Waals surface area contributed by atoms with Crippen molar-refractivity contribution < 1.29 is 0 Å². The molecule has 0 spiro atoms. The van der Waals surface area contributed by atoms with Gasteiger partial charge in [0.2, 0.25) is 0 Å². The molecule has 1 aromatic carbocycles. The maximum Gasteiger partial charge on any atom is 0.0314 e. The maximum absolute atomic E-state index is 5.67. The van der Waals surface area contributed by atoms with Crippen molar-refractivity contribution in [3.05, 3.63) is 35.4 Å². The van der Waals surface area contributed by atoms with Gasteiger partial charge in [-0.1, -0.05) is 17.7 Å². The number of benzene rings is 1. The van der Waals surface area contributed by atoms with Crippen LogP contribution in [0.15, 0.2) is 29.8 Å². The summed E-state index contributed by atoms with van der Waals surface area (Å²) in [6.45, 7) is 2.25. The molecule has 0 saturated heterocycles. The number of nitrogens with two attached hydrogens (primary N) is 1. The molecule has 1 aliphatic rings. The summed E-state index contributed by atoms with van der Waals surface area (Å²) >= 11 is 0. The molecular weight excluding hydrogens is 170 g/mol. The molecule has 0 radical (unpaired) electrons. The summed E-state index contributed by atoms with van der Waals surface area (Å²) in [5, 5.41) is 0. The molecule has 1 aromatic rings. The fourth-order valence-electron chi connectivity index (χ4n) is 2.13. The van der Waals surface area contributed by atoms with Crippen LogP contribution in [0.1, 0.15) is 38.2 Å². The first-order valence-corrected chi connectivity index (χ1v) is 5.32. The molecule has 0 aliphatic heterocycles. The molecule has 0 unspecified atom stereocenters. The van der Waals surface area contributed by atoms with Crippen molar-refractivity contribution in [3.63, 3.8) is 0 Å². The van der Waals surface area contributed by atoms with Crippen molar-refractivity contribution >= 4 is 11.3 Å². The van der Waals surface area contributed by atoms with Crippen molar-refractivity contribution in [2.24, 2.45) is 0 Å². The van der Waals surface area contributed by atoms with Crippen LogP contribution in [0, 0.1) is 0 Å². The number of allylic oxidation sites excluding steroid dienone is 2. The normalized spacial score (nSPS) is 17.2. The van der Waals surface area contributed by atoms with Crippen molar-refractivity contribution in [1.29, 1.82) is 0 Å². The Morgan fingerprint density at radius 2 is 1.64 bits per heavy atom. The zero-order valence-corrected chi connectivity index (χ0v) is 8.72. The monoisotopic (exact) mass is 187 g/mol. The van der Waals surface area contributed by atoms with E-state index in [0.717, 1.165) is 5.69 Å². The molecular formula is C13H17N. The van der Waals surface area contributed by atoms with Gasteiger partial charge in [0.15, 0.2) is 0 Å². The van der Waals surface area contributed by atoms with Crippen LogP contribution in [0.2, 0.25) is 0 Å². The van der Waals surface area contributed by atoms with Gasteiger partial charge in [-0.15, -0.1) is 0 Å². The Kier molecular flexibility index (Phi) is 2.58. The average Bonchev–Trinajstić information content (AvgIpc) is 2.20. The van der Waals surface area contributed by atoms with Gasteiger partial charge in [0.1, 0.15) is 0 Å². The van der Waals surface area contributed by atoms with Crippen molar-refractivity contribution in [1.82, 2.24) is 0 Å². The smallest absolute Gasteiger partial charge is 0.0314 e. The second kappa shape index (κ2) is 3.87. The first-order chi connectivity index (χ1) is 6.77. The SMILES string of the molecule is CC1=C(c2ccc(N)cc2)CCCC1. The first-order valence-electron chi connectivity index (χ1n) is 5.32. The van der Waals surface area contributed by atoms with E-state index in [-0.39, 0.29) is 0 Å². The molecule has 0 aromatic heterocycles. The Labute approximate surface area is 85.6 Å². The predicted octanol–water partition coefficient (Wildman–Crippen LogP) is 3.62. The van der Waals surface area contributed by atoms with E-state index in [0.29, 0.717) is 0 Å². The van der Waals surface area contributed by atoms with Crippen molar-refractivity contribution in [3.8, 4) is 0 Å². The van der Waals surface area contributed by atoms with Crippen LogP contribution >= 0.6 is 0 Å². The lowest BCUT2D eigenvalue weighted by Crippen LogP contribution is -1.97. The minimum atomic E-state index is 0.850. The number of hydrogen-bond acceptors (Lipinski definition) is 1. The Bertz CT molecular complexity index is 346. The molecule has 0 atom stereocenters. The lowest BCUT2D eigenvalue weighted by atomic mass is 9.88. The predicted molar refractivity (Wildman–Crippen MR) is 61.9 cm³/mol. The van der Waals surface area contributed by atoms with E-state index in [1.165, 1.54) is 36.8 Å². The quantitative estimate of drug-likeness (QED) is 0.668. The third kappa shape index (κ3) is 1.82. The topological polar surface area (TPSA) is 26.0 Å². The first kappa shape index (κ1) is 9.32. The molecule has 2 rings (SSSR count). The van der Waals surface area contributed by atoms with Gasteiger partial charge in [0, 0.05) is 5.69 Å². The second-order valence-corrected chi connectivity index (χ2v) is 4.09. The van der Waals surface area contributed by atoms with Crippen molar-refractivity contribution in [2.45, 2.75) is 32.6 Å². The summed E-state index contributed by atoms with van der Waals surface area (Å²) in [6.07, 6.45) is 5.18.